The molecular formula is C13H17N5. The van der Waals surface area contributed by atoms with Crippen molar-refractivity contribution in [1.82, 2.24) is 4.98 Å². The van der Waals surface area contributed by atoms with E-state index in [1.54, 1.807) is 0 Å². The van der Waals surface area contributed by atoms with Crippen LogP contribution in [0.5, 0.6) is 0 Å². The van der Waals surface area contributed by atoms with Gasteiger partial charge in [-0.05, 0) is 24.5 Å². The van der Waals surface area contributed by atoms with Crippen LogP contribution in [0.15, 0.2) is 46.2 Å². The van der Waals surface area contributed by atoms with Gasteiger partial charge in [-0.25, -0.2) is 4.99 Å². The first-order valence-corrected chi connectivity index (χ1v) is 6.01. The predicted molar refractivity (Wildman–Crippen MR) is 76.5 cm³/mol. The van der Waals surface area contributed by atoms with Crippen LogP contribution in [0, 0.1) is 0 Å². The molecular weight excluding hydrogens is 226 g/mol. The van der Waals surface area contributed by atoms with E-state index in [-0.39, 0.29) is 1.43 Å². The average molecular weight is 243 g/mol. The number of nitrogens with one attached hydrogen (secondary N) is 1. The lowest BCUT2D eigenvalue weighted by Gasteiger charge is -2.27. The van der Waals surface area contributed by atoms with Crippen LogP contribution < -0.4 is 10.7 Å². The van der Waals surface area contributed by atoms with E-state index < -0.39 is 0 Å². The summed E-state index contributed by atoms with van der Waals surface area (Å²) in [6.45, 7) is 0.696. The van der Waals surface area contributed by atoms with Gasteiger partial charge in [0, 0.05) is 13.8 Å². The van der Waals surface area contributed by atoms with Gasteiger partial charge in [-0.2, -0.15) is 5.10 Å². The number of aromatic nitrogens is 1. The Morgan fingerprint density at radius 3 is 3.28 bits per heavy atom. The molecule has 0 atom stereocenters. The minimum absolute atomic E-state index is 0. The molecule has 94 valence electrons. The summed E-state index contributed by atoms with van der Waals surface area (Å²) in [5.74, 6) is 7.27. The molecule has 1 aromatic heterocycles. The molecule has 2 heterocycles. The molecule has 0 saturated heterocycles. The molecule has 0 radical (unpaired) electrons. The molecule has 18 heavy (non-hydrogen) atoms. The Morgan fingerprint density at radius 2 is 2.50 bits per heavy atom. The Balaban J connectivity index is 0.00000133. The summed E-state index contributed by atoms with van der Waals surface area (Å²) < 4.78 is 0. The maximum atomic E-state index is 5.59. The highest BCUT2D eigenvalue weighted by Crippen LogP contribution is 2.31. The summed E-state index contributed by atoms with van der Waals surface area (Å²) in [4.78, 5) is 9.50. The second-order valence-electron chi connectivity index (χ2n) is 4.25. The smallest absolute Gasteiger partial charge is 0.156 e. The van der Waals surface area contributed by atoms with Gasteiger partial charge < -0.3 is 15.7 Å². The van der Waals surface area contributed by atoms with Gasteiger partial charge >= 0.3 is 0 Å². The number of fused-ring (bicyclic) bond motifs is 1. The maximum Gasteiger partial charge on any atom is 0.156 e. The lowest BCUT2D eigenvalue weighted by Crippen LogP contribution is -2.36. The Morgan fingerprint density at radius 1 is 1.56 bits per heavy atom. The number of H-pyrrole nitrogens is 1. The third-order valence-electron chi connectivity index (χ3n) is 3.16. The van der Waals surface area contributed by atoms with Crippen molar-refractivity contribution >= 4 is 23.6 Å². The number of hydrogen-bond donors (Lipinski definition) is 2. The van der Waals surface area contributed by atoms with Gasteiger partial charge in [0.1, 0.15) is 0 Å². The molecule has 1 aliphatic carbocycles. The molecule has 3 rings (SSSR count). The Labute approximate surface area is 107 Å². The van der Waals surface area contributed by atoms with Crippen molar-refractivity contribution in [3.05, 3.63) is 36.1 Å². The molecule has 5 nitrogen and oxygen atoms in total. The summed E-state index contributed by atoms with van der Waals surface area (Å²) in [6, 6.07) is 2.00. The van der Waals surface area contributed by atoms with Crippen molar-refractivity contribution in [3.63, 3.8) is 0 Å². The SMILES string of the molecule is N/N=C(/C1=CC=CCC1)N1CC=Nc2[nH]ccc21.[HH]. The van der Waals surface area contributed by atoms with E-state index >= 15 is 0 Å². The molecule has 0 unspecified atom stereocenters. The fourth-order valence-electron chi connectivity index (χ4n) is 2.30. The van der Waals surface area contributed by atoms with E-state index in [0.29, 0.717) is 6.54 Å². The Bertz CT molecular complexity index is 567. The molecule has 2 aliphatic rings. The highest BCUT2D eigenvalue weighted by Gasteiger charge is 2.22. The van der Waals surface area contributed by atoms with E-state index in [1.165, 1.54) is 5.57 Å². The van der Waals surface area contributed by atoms with E-state index in [0.717, 1.165) is 30.2 Å². The molecule has 0 saturated carbocycles. The molecule has 0 fully saturated rings. The lowest BCUT2D eigenvalue weighted by molar-refractivity contribution is 0.979. The number of nitrogens with two attached hydrogens (primary N) is 1. The molecule has 1 aromatic rings. The number of anilines is 1. The standard InChI is InChI=1S/C13H15N5.H2/c14-17-13(10-4-2-1-3-5-10)18-9-8-16-12-11(18)6-7-15-12;/h1-2,4,6-8,15H,3,5,9,14H2;1H/b17-13-;. The first-order valence-electron chi connectivity index (χ1n) is 6.01. The molecule has 0 aromatic carbocycles. The van der Waals surface area contributed by atoms with Gasteiger partial charge in [0.15, 0.2) is 11.7 Å². The van der Waals surface area contributed by atoms with Crippen LogP contribution >= 0.6 is 0 Å². The summed E-state index contributed by atoms with van der Waals surface area (Å²) in [7, 11) is 0. The largest absolute Gasteiger partial charge is 0.345 e. The highest BCUT2D eigenvalue weighted by atomic mass is 15.3. The van der Waals surface area contributed by atoms with Crippen molar-refractivity contribution in [2.24, 2.45) is 15.9 Å². The van der Waals surface area contributed by atoms with Crippen LogP contribution in [-0.4, -0.2) is 23.6 Å². The second-order valence-corrected chi connectivity index (χ2v) is 4.25. The number of aromatic amines is 1. The van der Waals surface area contributed by atoms with Gasteiger partial charge in [-0.3, -0.25) is 0 Å². The van der Waals surface area contributed by atoms with Crippen molar-refractivity contribution in [2.75, 3.05) is 11.4 Å². The molecule has 5 heteroatoms. The lowest BCUT2D eigenvalue weighted by atomic mass is 10.0. The number of allylic oxidation sites excluding steroid dienone is 3. The average Bonchev–Trinajstić information content (AvgIpc) is 2.90. The van der Waals surface area contributed by atoms with Gasteiger partial charge in [-0.15, -0.1) is 0 Å². The monoisotopic (exact) mass is 243 g/mol. The number of aliphatic imine (C=N–C) groups is 1. The number of hydrazone groups is 1. The summed E-state index contributed by atoms with van der Waals surface area (Å²) in [6.07, 6.45) is 12.0. The van der Waals surface area contributed by atoms with Crippen molar-refractivity contribution < 1.29 is 1.43 Å². The fraction of sp³-hybridized carbons (Fsp3) is 0.231. The fourth-order valence-corrected chi connectivity index (χ4v) is 2.30. The van der Waals surface area contributed by atoms with Crippen LogP contribution in [0.3, 0.4) is 0 Å². The van der Waals surface area contributed by atoms with Crippen LogP contribution in [0.4, 0.5) is 11.5 Å². The molecule has 3 N–H and O–H groups in total. The van der Waals surface area contributed by atoms with Crippen LogP contribution in [-0.2, 0) is 0 Å². The molecule has 0 amide bonds. The Kier molecular flexibility index (Phi) is 2.72. The molecule has 1 aliphatic heterocycles. The first-order chi connectivity index (χ1) is 8.90. The topological polar surface area (TPSA) is 69.8 Å². The predicted octanol–water partition coefficient (Wildman–Crippen LogP) is 2.33. The number of nitrogens with zero attached hydrogens (tertiary/aromatic N) is 3. The maximum absolute atomic E-state index is 5.59. The Hall–Kier alpha value is -2.30. The zero-order chi connectivity index (χ0) is 12.4. The van der Waals surface area contributed by atoms with Crippen molar-refractivity contribution in [1.29, 1.82) is 0 Å². The van der Waals surface area contributed by atoms with Gasteiger partial charge in [0.25, 0.3) is 0 Å². The third kappa shape index (κ3) is 1.73. The second kappa shape index (κ2) is 4.52. The van der Waals surface area contributed by atoms with Crippen LogP contribution in [0.2, 0.25) is 0 Å². The van der Waals surface area contributed by atoms with E-state index in [2.05, 4.69) is 38.2 Å². The minimum atomic E-state index is 0. The molecule has 0 spiro atoms. The summed E-state index contributed by atoms with van der Waals surface area (Å²) in [5.41, 5.74) is 2.19. The zero-order valence-corrected chi connectivity index (χ0v) is 10.0. The number of hydrogen-bond acceptors (Lipinski definition) is 3. The minimum Gasteiger partial charge on any atom is -0.345 e. The van der Waals surface area contributed by atoms with Crippen LogP contribution in [0.25, 0.3) is 0 Å². The van der Waals surface area contributed by atoms with E-state index in [4.69, 9.17) is 5.84 Å². The number of rotatable bonds is 1. The van der Waals surface area contributed by atoms with Crippen molar-refractivity contribution in [3.8, 4) is 0 Å². The third-order valence-corrected chi connectivity index (χ3v) is 3.16. The van der Waals surface area contributed by atoms with E-state index in [1.807, 2.05) is 18.5 Å². The van der Waals surface area contributed by atoms with E-state index in [9.17, 15) is 0 Å². The zero-order valence-electron chi connectivity index (χ0n) is 10.0. The van der Waals surface area contributed by atoms with Crippen LogP contribution in [0.1, 0.15) is 14.3 Å². The quantitative estimate of drug-likeness (QED) is 0.344. The first kappa shape index (κ1) is 10.8. The van der Waals surface area contributed by atoms with Gasteiger partial charge in [0.2, 0.25) is 0 Å². The van der Waals surface area contributed by atoms with Gasteiger partial charge in [-0.1, -0.05) is 18.2 Å². The van der Waals surface area contributed by atoms with Gasteiger partial charge in [0.05, 0.1) is 12.2 Å². The highest BCUT2D eigenvalue weighted by molar-refractivity contribution is 6.13. The number of amidine groups is 1. The summed E-state index contributed by atoms with van der Waals surface area (Å²) in [5, 5.41) is 3.98. The summed E-state index contributed by atoms with van der Waals surface area (Å²) >= 11 is 0. The normalized spacial score (nSPS) is 18.8. The molecule has 0 bridgehead atoms. The van der Waals surface area contributed by atoms with Crippen molar-refractivity contribution in [2.45, 2.75) is 12.8 Å².